The van der Waals surface area contributed by atoms with Crippen molar-refractivity contribution in [3.8, 4) is 17.2 Å². The normalized spacial score (nSPS) is 14.5. The maximum absolute atomic E-state index is 13.0. The van der Waals surface area contributed by atoms with E-state index in [0.717, 1.165) is 28.6 Å². The largest absolute Gasteiger partial charge is 0.491 e. The number of benzene rings is 2. The molecule has 0 spiro atoms. The zero-order valence-corrected chi connectivity index (χ0v) is 23.0. The molecule has 0 bridgehead atoms. The molecule has 1 saturated heterocycles. The Morgan fingerprint density at radius 2 is 1.86 bits per heavy atom. The van der Waals surface area contributed by atoms with Gasteiger partial charge in [0, 0.05) is 0 Å². The lowest BCUT2D eigenvalue weighted by Gasteiger charge is -2.17. The molecule has 1 aliphatic heterocycles. The summed E-state index contributed by atoms with van der Waals surface area (Å²) in [5, 5.41) is -0.185. The summed E-state index contributed by atoms with van der Waals surface area (Å²) in [7, 11) is 1.25. The van der Waals surface area contributed by atoms with Gasteiger partial charge in [0.25, 0.3) is 11.1 Å². The molecule has 1 heterocycles. The van der Waals surface area contributed by atoms with Crippen LogP contribution in [0.2, 0.25) is 5.02 Å². The second kappa shape index (κ2) is 12.9. The van der Waals surface area contributed by atoms with Gasteiger partial charge in [-0.3, -0.25) is 14.5 Å². The van der Waals surface area contributed by atoms with Crippen molar-refractivity contribution in [1.29, 1.82) is 0 Å². The topological polar surface area (TPSA) is 91.4 Å². The smallest absolute Gasteiger partial charge is 0.343 e. The number of aryl methyl sites for hydroxylation is 1. The van der Waals surface area contributed by atoms with Crippen LogP contribution in [0, 0.1) is 6.92 Å². The van der Waals surface area contributed by atoms with Crippen molar-refractivity contribution >= 4 is 46.6 Å². The van der Waals surface area contributed by atoms with E-state index in [0.29, 0.717) is 17.9 Å². The third-order valence-corrected chi connectivity index (χ3v) is 6.62. The van der Waals surface area contributed by atoms with Crippen molar-refractivity contribution in [2.45, 2.75) is 33.6 Å². The summed E-state index contributed by atoms with van der Waals surface area (Å²) in [5.41, 5.74) is 2.68. The summed E-state index contributed by atoms with van der Waals surface area (Å²) < 4.78 is 21.6. The number of nitrogens with zero attached hydrogens (tertiary/aromatic N) is 1. The molecular weight excluding hydrogens is 518 g/mol. The molecule has 1 aliphatic rings. The van der Waals surface area contributed by atoms with E-state index >= 15 is 0 Å². The van der Waals surface area contributed by atoms with Crippen LogP contribution in [0.25, 0.3) is 6.08 Å². The van der Waals surface area contributed by atoms with Crippen LogP contribution < -0.4 is 14.2 Å². The number of carbonyl (C=O) groups is 3. The van der Waals surface area contributed by atoms with Crippen molar-refractivity contribution in [3.63, 3.8) is 0 Å². The van der Waals surface area contributed by atoms with E-state index < -0.39 is 11.9 Å². The van der Waals surface area contributed by atoms with Crippen LogP contribution in [0.3, 0.4) is 0 Å². The number of hydrogen-bond acceptors (Lipinski definition) is 8. The average Bonchev–Trinajstić information content (AvgIpc) is 3.10. The summed E-state index contributed by atoms with van der Waals surface area (Å²) in [6, 6.07) is 9.22. The fourth-order valence-electron chi connectivity index (χ4n) is 3.60. The second-order valence-electron chi connectivity index (χ2n) is 8.51. The molecule has 0 N–H and O–H groups in total. The number of hydrogen-bond donors (Lipinski definition) is 0. The van der Waals surface area contributed by atoms with Crippen LogP contribution in [0.5, 0.6) is 17.2 Å². The predicted octanol–water partition coefficient (Wildman–Crippen LogP) is 5.84. The lowest BCUT2D eigenvalue weighted by molar-refractivity contribution is -0.142. The summed E-state index contributed by atoms with van der Waals surface area (Å²) in [6.45, 7) is 8.24. The molecule has 198 valence electrons. The van der Waals surface area contributed by atoms with Gasteiger partial charge in [0.2, 0.25) is 0 Å². The van der Waals surface area contributed by atoms with Gasteiger partial charge in [-0.2, -0.15) is 0 Å². The van der Waals surface area contributed by atoms with Gasteiger partial charge in [0.05, 0.1) is 30.2 Å². The summed E-state index contributed by atoms with van der Waals surface area (Å²) in [5.74, 6) is 0.548. The molecule has 10 heteroatoms. The first-order valence-electron chi connectivity index (χ1n) is 11.8. The number of imide groups is 1. The predicted molar refractivity (Wildman–Crippen MR) is 144 cm³/mol. The van der Waals surface area contributed by atoms with Crippen LogP contribution in [0.4, 0.5) is 4.79 Å². The van der Waals surface area contributed by atoms with Crippen molar-refractivity contribution < 1.29 is 33.3 Å². The number of ether oxygens (including phenoxy) is 4. The Bertz CT molecular complexity index is 1210. The van der Waals surface area contributed by atoms with Crippen molar-refractivity contribution in [2.24, 2.45) is 0 Å². The van der Waals surface area contributed by atoms with Gasteiger partial charge in [-0.15, -0.1) is 0 Å². The third-order valence-electron chi connectivity index (χ3n) is 5.43. The average molecular weight is 548 g/mol. The first-order valence-corrected chi connectivity index (χ1v) is 13.0. The Morgan fingerprint density at radius 3 is 2.54 bits per heavy atom. The molecule has 0 aromatic heterocycles. The number of carbonyl (C=O) groups excluding carboxylic acids is 3. The first-order chi connectivity index (χ1) is 17.6. The fraction of sp³-hybridized carbons (Fsp3) is 0.370. The zero-order valence-electron chi connectivity index (χ0n) is 21.5. The molecule has 37 heavy (non-hydrogen) atoms. The Labute approximate surface area is 225 Å². The molecule has 8 nitrogen and oxygen atoms in total. The standard InChI is InChI=1S/C27H30ClNO7S/c1-6-34-22-13-18(12-20(28)25(22)36-15-24(30)33-5)14-23-26(31)29(27(32)37-23)9-10-35-21-11-17(4)7-8-19(21)16(2)3/h7-8,11-14,16H,6,9-10,15H2,1-5H3/b23-14-. The molecule has 0 atom stereocenters. The monoisotopic (exact) mass is 547 g/mol. The van der Waals surface area contributed by atoms with Gasteiger partial charge in [-0.1, -0.05) is 37.6 Å². The number of rotatable bonds is 11. The SMILES string of the molecule is CCOc1cc(/C=C2\SC(=O)N(CCOc3cc(C)ccc3C(C)C)C2=O)cc(Cl)c1OCC(=O)OC. The molecular formula is C27H30ClNO7S. The van der Waals surface area contributed by atoms with Crippen LogP contribution in [0.15, 0.2) is 35.2 Å². The Kier molecular flexibility index (Phi) is 9.88. The van der Waals surface area contributed by atoms with E-state index in [2.05, 4.69) is 18.6 Å². The summed E-state index contributed by atoms with van der Waals surface area (Å²) in [6.07, 6.45) is 1.57. The van der Waals surface area contributed by atoms with E-state index in [1.54, 1.807) is 25.1 Å². The van der Waals surface area contributed by atoms with Gasteiger partial charge in [0.15, 0.2) is 18.1 Å². The van der Waals surface area contributed by atoms with Gasteiger partial charge in [0.1, 0.15) is 12.4 Å². The molecule has 0 radical (unpaired) electrons. The number of amides is 2. The Morgan fingerprint density at radius 1 is 1.11 bits per heavy atom. The quantitative estimate of drug-likeness (QED) is 0.256. The lowest BCUT2D eigenvalue weighted by Crippen LogP contribution is -2.32. The van der Waals surface area contributed by atoms with Gasteiger partial charge >= 0.3 is 5.97 Å². The highest BCUT2D eigenvalue weighted by molar-refractivity contribution is 8.18. The lowest BCUT2D eigenvalue weighted by atomic mass is 10.0. The minimum Gasteiger partial charge on any atom is -0.491 e. The first kappa shape index (κ1) is 28.4. The molecule has 0 saturated carbocycles. The van der Waals surface area contributed by atoms with E-state index in [1.165, 1.54) is 12.0 Å². The van der Waals surface area contributed by atoms with E-state index in [4.69, 9.17) is 25.8 Å². The van der Waals surface area contributed by atoms with Crippen molar-refractivity contribution in [2.75, 3.05) is 33.5 Å². The maximum Gasteiger partial charge on any atom is 0.343 e. The second-order valence-corrected chi connectivity index (χ2v) is 9.91. The number of methoxy groups -OCH3 is 1. The zero-order chi connectivity index (χ0) is 27.1. The van der Waals surface area contributed by atoms with Crippen LogP contribution in [-0.4, -0.2) is 55.5 Å². The van der Waals surface area contributed by atoms with E-state index in [9.17, 15) is 14.4 Å². The highest BCUT2D eigenvalue weighted by Crippen LogP contribution is 2.39. The Hall–Kier alpha value is -3.17. The summed E-state index contributed by atoms with van der Waals surface area (Å²) >= 11 is 7.22. The highest BCUT2D eigenvalue weighted by atomic mass is 35.5. The number of halogens is 1. The molecule has 1 fully saturated rings. The van der Waals surface area contributed by atoms with Gasteiger partial charge < -0.3 is 18.9 Å². The fourth-order valence-corrected chi connectivity index (χ4v) is 4.74. The summed E-state index contributed by atoms with van der Waals surface area (Å²) in [4.78, 5) is 38.4. The van der Waals surface area contributed by atoms with Gasteiger partial charge in [-0.25, -0.2) is 4.79 Å². The number of thioether (sulfide) groups is 1. The molecule has 2 aromatic rings. The van der Waals surface area contributed by atoms with E-state index in [1.807, 2.05) is 25.1 Å². The molecule has 0 unspecified atom stereocenters. The van der Waals surface area contributed by atoms with Crippen LogP contribution in [0.1, 0.15) is 43.4 Å². The van der Waals surface area contributed by atoms with Crippen LogP contribution >= 0.6 is 23.4 Å². The minimum absolute atomic E-state index is 0.124. The molecule has 2 amide bonds. The number of esters is 1. The van der Waals surface area contributed by atoms with Crippen molar-refractivity contribution in [3.05, 3.63) is 56.9 Å². The molecule has 2 aromatic carbocycles. The molecule has 3 rings (SSSR count). The van der Waals surface area contributed by atoms with Gasteiger partial charge in [-0.05, 0) is 72.5 Å². The van der Waals surface area contributed by atoms with Crippen molar-refractivity contribution in [1.82, 2.24) is 4.90 Å². The van der Waals surface area contributed by atoms with Crippen LogP contribution in [-0.2, 0) is 14.3 Å². The Balaban J connectivity index is 1.73. The minimum atomic E-state index is -0.567. The molecule has 0 aliphatic carbocycles. The highest BCUT2D eigenvalue weighted by Gasteiger charge is 2.35. The van der Waals surface area contributed by atoms with E-state index in [-0.39, 0.29) is 46.6 Å². The third kappa shape index (κ3) is 7.20. The maximum atomic E-state index is 13.0.